The molecule has 0 heterocycles. The highest BCUT2D eigenvalue weighted by atomic mass is 35.5. The van der Waals surface area contributed by atoms with Gasteiger partial charge in [0.05, 0.1) is 0 Å². The van der Waals surface area contributed by atoms with Gasteiger partial charge in [-0.15, -0.1) is 0 Å². The van der Waals surface area contributed by atoms with Crippen molar-refractivity contribution in [3.63, 3.8) is 0 Å². The summed E-state index contributed by atoms with van der Waals surface area (Å²) in [7, 11) is 0. The zero-order chi connectivity index (χ0) is 12.5. The van der Waals surface area contributed by atoms with Crippen molar-refractivity contribution in [2.75, 3.05) is 0 Å². The zero-order valence-electron chi connectivity index (χ0n) is 10.2. The molecule has 1 saturated carbocycles. The van der Waals surface area contributed by atoms with Crippen molar-refractivity contribution in [1.82, 2.24) is 5.32 Å². The highest BCUT2D eigenvalue weighted by Crippen LogP contribution is 2.32. The van der Waals surface area contributed by atoms with E-state index in [1.807, 2.05) is 18.2 Å². The number of benzene rings is 1. The van der Waals surface area contributed by atoms with Gasteiger partial charge in [0.2, 0.25) is 5.91 Å². The fourth-order valence-electron chi connectivity index (χ4n) is 2.47. The lowest BCUT2D eigenvalue weighted by molar-refractivity contribution is -0.116. The van der Waals surface area contributed by atoms with Crippen LogP contribution in [-0.2, 0) is 11.2 Å². The Balaban J connectivity index is 1.85. The predicted octanol–water partition coefficient (Wildman–Crippen LogP) is 3.34. The molecule has 1 aromatic rings. The molecule has 1 fully saturated rings. The second-order valence-corrected chi connectivity index (χ2v) is 5.54. The molecular weight excluding hydrogens is 246 g/mol. The molecule has 0 saturated heterocycles. The second-order valence-electron chi connectivity index (χ2n) is 5.11. The SMILES string of the molecule is O=C(C=C1CCCc2cc(Cl)ccc21)NC1CC1. The van der Waals surface area contributed by atoms with Crippen LogP contribution in [-0.4, -0.2) is 11.9 Å². The molecule has 94 valence electrons. The van der Waals surface area contributed by atoms with Crippen molar-refractivity contribution in [3.05, 3.63) is 40.4 Å². The molecule has 1 N–H and O–H groups in total. The monoisotopic (exact) mass is 261 g/mol. The summed E-state index contributed by atoms with van der Waals surface area (Å²) in [4.78, 5) is 11.8. The Bertz CT molecular complexity index is 517. The number of rotatable bonds is 2. The summed E-state index contributed by atoms with van der Waals surface area (Å²) in [6.07, 6.45) is 7.15. The van der Waals surface area contributed by atoms with E-state index in [4.69, 9.17) is 11.6 Å². The number of hydrogen-bond acceptors (Lipinski definition) is 1. The van der Waals surface area contributed by atoms with E-state index in [1.54, 1.807) is 6.08 Å². The van der Waals surface area contributed by atoms with E-state index in [0.29, 0.717) is 6.04 Å². The Hall–Kier alpha value is -1.28. The average Bonchev–Trinajstić information content (AvgIpc) is 3.12. The van der Waals surface area contributed by atoms with Crippen molar-refractivity contribution in [2.24, 2.45) is 0 Å². The molecule has 0 aromatic heterocycles. The Kier molecular flexibility index (Phi) is 3.13. The third kappa shape index (κ3) is 2.59. The van der Waals surface area contributed by atoms with E-state index in [-0.39, 0.29) is 5.91 Å². The van der Waals surface area contributed by atoms with Gasteiger partial charge in [-0.1, -0.05) is 17.7 Å². The number of hydrogen-bond donors (Lipinski definition) is 1. The standard InChI is InChI=1S/C15H16ClNO/c16-12-4-7-14-10(8-12)2-1-3-11(14)9-15(18)17-13-5-6-13/h4,7-9,13H,1-3,5-6H2,(H,17,18). The molecule has 3 heteroatoms. The van der Waals surface area contributed by atoms with E-state index in [1.165, 1.54) is 11.1 Å². The van der Waals surface area contributed by atoms with E-state index >= 15 is 0 Å². The van der Waals surface area contributed by atoms with Crippen molar-refractivity contribution >= 4 is 23.1 Å². The average molecular weight is 262 g/mol. The molecule has 2 aliphatic carbocycles. The van der Waals surface area contributed by atoms with E-state index in [2.05, 4.69) is 5.32 Å². The van der Waals surface area contributed by atoms with E-state index in [0.717, 1.165) is 42.7 Å². The Morgan fingerprint density at radius 1 is 1.33 bits per heavy atom. The minimum Gasteiger partial charge on any atom is -0.350 e. The molecule has 0 atom stereocenters. The summed E-state index contributed by atoms with van der Waals surface area (Å²) in [6, 6.07) is 6.37. The molecular formula is C15H16ClNO. The lowest BCUT2D eigenvalue weighted by atomic mass is 9.87. The number of aryl methyl sites for hydroxylation is 1. The van der Waals surface area contributed by atoms with Crippen LogP contribution in [0.2, 0.25) is 5.02 Å². The van der Waals surface area contributed by atoms with Gasteiger partial charge in [0.25, 0.3) is 0 Å². The lowest BCUT2D eigenvalue weighted by Crippen LogP contribution is -2.23. The van der Waals surface area contributed by atoms with Gasteiger partial charge in [0.1, 0.15) is 0 Å². The van der Waals surface area contributed by atoms with Crippen LogP contribution in [0.3, 0.4) is 0 Å². The van der Waals surface area contributed by atoms with Gasteiger partial charge in [-0.25, -0.2) is 0 Å². The van der Waals surface area contributed by atoms with Crippen LogP contribution < -0.4 is 5.32 Å². The molecule has 18 heavy (non-hydrogen) atoms. The van der Waals surface area contributed by atoms with Gasteiger partial charge < -0.3 is 5.32 Å². The smallest absolute Gasteiger partial charge is 0.244 e. The highest BCUT2D eigenvalue weighted by molar-refractivity contribution is 6.30. The summed E-state index contributed by atoms with van der Waals surface area (Å²) in [5, 5.41) is 3.78. The molecule has 1 amide bonds. The van der Waals surface area contributed by atoms with Gasteiger partial charge in [0.15, 0.2) is 0 Å². The first kappa shape index (κ1) is 11.8. The number of carbonyl (C=O) groups excluding carboxylic acids is 1. The lowest BCUT2D eigenvalue weighted by Gasteiger charge is -2.19. The molecule has 0 unspecified atom stereocenters. The fraction of sp³-hybridized carbons (Fsp3) is 0.400. The molecule has 0 bridgehead atoms. The number of fused-ring (bicyclic) bond motifs is 1. The molecule has 2 nitrogen and oxygen atoms in total. The van der Waals surface area contributed by atoms with Crippen LogP contribution >= 0.6 is 11.6 Å². The zero-order valence-corrected chi connectivity index (χ0v) is 11.0. The topological polar surface area (TPSA) is 29.1 Å². The third-order valence-electron chi connectivity index (χ3n) is 3.53. The maximum absolute atomic E-state index is 11.8. The fourth-order valence-corrected chi connectivity index (χ4v) is 2.66. The summed E-state index contributed by atoms with van der Waals surface area (Å²) >= 11 is 6.01. The van der Waals surface area contributed by atoms with Crippen molar-refractivity contribution in [2.45, 2.75) is 38.1 Å². The number of amides is 1. The van der Waals surface area contributed by atoms with Gasteiger partial charge in [-0.2, -0.15) is 0 Å². The predicted molar refractivity (Wildman–Crippen MR) is 73.5 cm³/mol. The number of halogens is 1. The Labute approximate surface area is 112 Å². The highest BCUT2D eigenvalue weighted by Gasteiger charge is 2.23. The number of allylic oxidation sites excluding steroid dienone is 1. The minimum absolute atomic E-state index is 0.0512. The minimum atomic E-state index is 0.0512. The van der Waals surface area contributed by atoms with Gasteiger partial charge in [-0.3, -0.25) is 4.79 Å². The van der Waals surface area contributed by atoms with Crippen LogP contribution in [0.15, 0.2) is 24.3 Å². The van der Waals surface area contributed by atoms with Crippen molar-refractivity contribution in [3.8, 4) is 0 Å². The van der Waals surface area contributed by atoms with Crippen LogP contribution in [0.4, 0.5) is 0 Å². The number of nitrogens with one attached hydrogen (secondary N) is 1. The molecule has 0 radical (unpaired) electrons. The van der Waals surface area contributed by atoms with Gasteiger partial charge in [-0.05, 0) is 60.9 Å². The first-order chi connectivity index (χ1) is 8.72. The molecule has 0 aliphatic heterocycles. The first-order valence-corrected chi connectivity index (χ1v) is 6.90. The summed E-state index contributed by atoms with van der Waals surface area (Å²) < 4.78 is 0. The van der Waals surface area contributed by atoms with Crippen LogP contribution in [0, 0.1) is 0 Å². The van der Waals surface area contributed by atoms with Crippen molar-refractivity contribution in [1.29, 1.82) is 0 Å². The molecule has 1 aromatic carbocycles. The molecule has 0 spiro atoms. The summed E-state index contributed by atoms with van der Waals surface area (Å²) in [5.74, 6) is 0.0512. The number of carbonyl (C=O) groups is 1. The third-order valence-corrected chi connectivity index (χ3v) is 3.77. The van der Waals surface area contributed by atoms with Crippen LogP contribution in [0.25, 0.3) is 5.57 Å². The summed E-state index contributed by atoms with van der Waals surface area (Å²) in [5.41, 5.74) is 3.60. The second kappa shape index (κ2) is 4.77. The summed E-state index contributed by atoms with van der Waals surface area (Å²) in [6.45, 7) is 0. The van der Waals surface area contributed by atoms with Gasteiger partial charge in [0, 0.05) is 17.1 Å². The maximum atomic E-state index is 11.8. The normalized spacial score (nSPS) is 20.6. The first-order valence-electron chi connectivity index (χ1n) is 6.52. The molecule has 2 aliphatic rings. The van der Waals surface area contributed by atoms with Crippen molar-refractivity contribution < 1.29 is 4.79 Å². The quantitative estimate of drug-likeness (QED) is 0.813. The maximum Gasteiger partial charge on any atom is 0.244 e. The van der Waals surface area contributed by atoms with Crippen LogP contribution in [0.1, 0.15) is 36.8 Å². The largest absolute Gasteiger partial charge is 0.350 e. The Morgan fingerprint density at radius 3 is 2.94 bits per heavy atom. The molecule has 3 rings (SSSR count). The Morgan fingerprint density at radius 2 is 2.17 bits per heavy atom. The van der Waals surface area contributed by atoms with Gasteiger partial charge >= 0.3 is 0 Å². The van der Waals surface area contributed by atoms with E-state index in [9.17, 15) is 4.79 Å². The van der Waals surface area contributed by atoms with Crippen LogP contribution in [0.5, 0.6) is 0 Å². The van der Waals surface area contributed by atoms with E-state index < -0.39 is 0 Å².